The number of carbonyl (C=O) groups is 1. The van der Waals surface area contributed by atoms with Gasteiger partial charge in [0.25, 0.3) is 0 Å². The molecule has 2 aromatic rings. The van der Waals surface area contributed by atoms with Crippen molar-refractivity contribution in [1.29, 1.82) is 0 Å². The summed E-state index contributed by atoms with van der Waals surface area (Å²) in [5.41, 5.74) is -1.46. The minimum atomic E-state index is -1.51. The van der Waals surface area contributed by atoms with Crippen molar-refractivity contribution in [3.8, 4) is 0 Å². The van der Waals surface area contributed by atoms with Crippen molar-refractivity contribution in [2.24, 2.45) is 0 Å². The Labute approximate surface area is 134 Å². The van der Waals surface area contributed by atoms with Crippen LogP contribution in [0.1, 0.15) is 17.3 Å². The number of nitrogens with zero attached hydrogens (tertiary/aromatic N) is 3. The van der Waals surface area contributed by atoms with Crippen molar-refractivity contribution in [3.63, 3.8) is 0 Å². The van der Waals surface area contributed by atoms with E-state index in [0.717, 1.165) is 17.3 Å². The number of hydroxylamine groups is 2. The van der Waals surface area contributed by atoms with E-state index in [9.17, 15) is 24.4 Å². The van der Waals surface area contributed by atoms with Crippen molar-refractivity contribution < 1.29 is 24.7 Å². The van der Waals surface area contributed by atoms with Gasteiger partial charge < -0.3 is 15.2 Å². The van der Waals surface area contributed by atoms with Crippen molar-refractivity contribution in [2.75, 3.05) is 11.4 Å². The van der Waals surface area contributed by atoms with E-state index in [-0.39, 0.29) is 29.2 Å². The van der Waals surface area contributed by atoms with Crippen LogP contribution in [0.3, 0.4) is 0 Å². The summed E-state index contributed by atoms with van der Waals surface area (Å²) in [6.45, 7) is 2.01. The van der Waals surface area contributed by atoms with Gasteiger partial charge in [0.05, 0.1) is 28.8 Å². The fraction of sp³-hybridized carbons (Fsp3) is 0.200. The second kappa shape index (κ2) is 5.53. The Hall–Kier alpha value is -3.07. The number of carboxylic acids is 1. The SMILES string of the molecule is CC1CN(c2cc3c(cc2F)c(=O)c(C(=O)O)cn3O)C=CN1O. The standard InChI is InChI=1S/C15H14FN3O5/c1-8-6-17(2-3-18(8)23)13-5-12-9(4-11(13)16)14(20)10(15(21)22)7-19(12)24/h2-5,7-8,23-24H,6H2,1H3,(H,21,22). The molecule has 3 N–H and O–H groups in total. The normalized spacial score (nSPS) is 17.5. The molecule has 1 aliphatic rings. The van der Waals surface area contributed by atoms with Gasteiger partial charge in [-0.25, -0.2) is 9.18 Å². The number of benzene rings is 1. The zero-order valence-electron chi connectivity index (χ0n) is 12.5. The Bertz CT molecular complexity index is 923. The molecule has 0 spiro atoms. The number of aromatic carboxylic acids is 1. The van der Waals surface area contributed by atoms with Crippen LogP contribution in [-0.4, -0.2) is 43.9 Å². The van der Waals surface area contributed by atoms with Crippen LogP contribution in [0.5, 0.6) is 0 Å². The van der Waals surface area contributed by atoms with E-state index < -0.39 is 22.8 Å². The Morgan fingerprint density at radius 2 is 2.00 bits per heavy atom. The summed E-state index contributed by atoms with van der Waals surface area (Å²) >= 11 is 0. The highest BCUT2D eigenvalue weighted by Gasteiger charge is 2.22. The molecule has 0 amide bonds. The number of fused-ring (bicyclic) bond motifs is 1. The Balaban J connectivity index is 2.20. The van der Waals surface area contributed by atoms with E-state index in [4.69, 9.17) is 5.11 Å². The molecule has 9 heteroatoms. The molecule has 1 unspecified atom stereocenters. The van der Waals surface area contributed by atoms with E-state index >= 15 is 0 Å². The molecule has 1 aromatic carbocycles. The number of hydrogen-bond donors (Lipinski definition) is 3. The molecular weight excluding hydrogens is 321 g/mol. The topological polar surface area (TPSA) is 106 Å². The minimum absolute atomic E-state index is 0.0196. The van der Waals surface area contributed by atoms with Gasteiger partial charge in [0, 0.05) is 18.9 Å². The molecule has 0 bridgehead atoms. The summed E-state index contributed by atoms with van der Waals surface area (Å²) in [7, 11) is 0. The second-order valence-corrected chi connectivity index (χ2v) is 5.52. The van der Waals surface area contributed by atoms with Gasteiger partial charge >= 0.3 is 5.97 Å². The fourth-order valence-electron chi connectivity index (χ4n) is 2.59. The van der Waals surface area contributed by atoms with E-state index in [1.165, 1.54) is 23.4 Å². The van der Waals surface area contributed by atoms with E-state index in [0.29, 0.717) is 4.73 Å². The number of halogens is 1. The lowest BCUT2D eigenvalue weighted by molar-refractivity contribution is -0.0743. The second-order valence-electron chi connectivity index (χ2n) is 5.52. The van der Waals surface area contributed by atoms with Gasteiger partial charge in [0.15, 0.2) is 0 Å². The number of anilines is 1. The molecule has 2 heterocycles. The first kappa shape index (κ1) is 15.8. The van der Waals surface area contributed by atoms with Crippen LogP contribution in [0, 0.1) is 5.82 Å². The minimum Gasteiger partial charge on any atom is -0.477 e. The first-order valence-electron chi connectivity index (χ1n) is 7.03. The summed E-state index contributed by atoms with van der Waals surface area (Å²) in [6.07, 6.45) is 3.59. The van der Waals surface area contributed by atoms with Gasteiger partial charge in [0.2, 0.25) is 5.43 Å². The lowest BCUT2D eigenvalue weighted by Crippen LogP contribution is -2.40. The van der Waals surface area contributed by atoms with Crippen LogP contribution in [-0.2, 0) is 0 Å². The first-order valence-corrected chi connectivity index (χ1v) is 7.03. The average Bonchev–Trinajstić information content (AvgIpc) is 2.53. The third kappa shape index (κ3) is 2.44. The summed E-state index contributed by atoms with van der Waals surface area (Å²) in [4.78, 5) is 24.7. The van der Waals surface area contributed by atoms with Gasteiger partial charge in [-0.2, -0.15) is 4.73 Å². The van der Waals surface area contributed by atoms with Gasteiger partial charge in [0.1, 0.15) is 11.4 Å². The largest absolute Gasteiger partial charge is 0.477 e. The zero-order valence-corrected chi connectivity index (χ0v) is 12.5. The van der Waals surface area contributed by atoms with Crippen LogP contribution in [0.4, 0.5) is 10.1 Å². The van der Waals surface area contributed by atoms with Gasteiger partial charge in [-0.1, -0.05) is 0 Å². The molecule has 0 fully saturated rings. The van der Waals surface area contributed by atoms with E-state index in [1.54, 1.807) is 6.92 Å². The van der Waals surface area contributed by atoms with E-state index in [1.807, 2.05) is 0 Å². The molecule has 0 radical (unpaired) electrons. The summed E-state index contributed by atoms with van der Waals surface area (Å²) in [5, 5.41) is 29.2. The van der Waals surface area contributed by atoms with Crippen molar-refractivity contribution in [3.05, 3.63) is 52.3 Å². The van der Waals surface area contributed by atoms with Crippen molar-refractivity contribution >= 4 is 22.6 Å². The average molecular weight is 335 g/mol. The van der Waals surface area contributed by atoms with Gasteiger partial charge in [-0.15, -0.1) is 0 Å². The molecule has 0 saturated carbocycles. The molecular formula is C15H14FN3O5. The lowest BCUT2D eigenvalue weighted by Gasteiger charge is -2.33. The maximum absolute atomic E-state index is 14.4. The van der Waals surface area contributed by atoms with Crippen LogP contribution < -0.4 is 10.3 Å². The monoisotopic (exact) mass is 335 g/mol. The van der Waals surface area contributed by atoms with Crippen LogP contribution in [0.25, 0.3) is 10.9 Å². The molecule has 1 aliphatic heterocycles. The Morgan fingerprint density at radius 3 is 2.62 bits per heavy atom. The van der Waals surface area contributed by atoms with Crippen LogP contribution >= 0.6 is 0 Å². The molecule has 0 saturated heterocycles. The quantitative estimate of drug-likeness (QED) is 0.713. The number of hydrogen-bond acceptors (Lipinski definition) is 6. The molecule has 24 heavy (non-hydrogen) atoms. The molecule has 0 aliphatic carbocycles. The van der Waals surface area contributed by atoms with E-state index in [2.05, 4.69) is 0 Å². The van der Waals surface area contributed by atoms with Gasteiger partial charge in [-0.05, 0) is 19.1 Å². The highest BCUT2D eigenvalue weighted by atomic mass is 19.1. The summed E-state index contributed by atoms with van der Waals surface area (Å²) in [6, 6.07) is 1.86. The molecule has 1 atom stereocenters. The predicted octanol–water partition coefficient (Wildman–Crippen LogP) is 1.45. The Kier molecular flexibility index (Phi) is 3.64. The third-order valence-electron chi connectivity index (χ3n) is 3.90. The number of pyridine rings is 1. The highest BCUT2D eigenvalue weighted by molar-refractivity contribution is 5.93. The lowest BCUT2D eigenvalue weighted by atomic mass is 10.1. The molecule has 3 rings (SSSR count). The smallest absolute Gasteiger partial charge is 0.341 e. The number of carboxylic acid groups (broad SMARTS) is 1. The van der Waals surface area contributed by atoms with Crippen LogP contribution in [0.15, 0.2) is 35.5 Å². The fourth-order valence-corrected chi connectivity index (χ4v) is 2.59. The third-order valence-corrected chi connectivity index (χ3v) is 3.90. The first-order chi connectivity index (χ1) is 11.3. The maximum atomic E-state index is 14.4. The summed E-state index contributed by atoms with van der Waals surface area (Å²) in [5.74, 6) is -2.25. The molecule has 8 nitrogen and oxygen atoms in total. The van der Waals surface area contributed by atoms with Crippen molar-refractivity contribution in [2.45, 2.75) is 13.0 Å². The van der Waals surface area contributed by atoms with Crippen LogP contribution in [0.2, 0.25) is 0 Å². The molecule has 126 valence electrons. The highest BCUT2D eigenvalue weighted by Crippen LogP contribution is 2.27. The van der Waals surface area contributed by atoms with Crippen molar-refractivity contribution in [1.82, 2.24) is 9.79 Å². The molecule has 1 aromatic heterocycles. The predicted molar refractivity (Wildman–Crippen MR) is 81.9 cm³/mol. The van der Waals surface area contributed by atoms with Gasteiger partial charge in [-0.3, -0.25) is 15.1 Å². The maximum Gasteiger partial charge on any atom is 0.341 e. The number of rotatable bonds is 2. The number of aromatic nitrogens is 1. The Morgan fingerprint density at radius 1 is 1.29 bits per heavy atom. The zero-order chi connectivity index (χ0) is 17.6. The summed E-state index contributed by atoms with van der Waals surface area (Å²) < 4.78 is 14.9.